The van der Waals surface area contributed by atoms with Gasteiger partial charge in [0.2, 0.25) is 5.91 Å². The topological polar surface area (TPSA) is 102 Å². The van der Waals surface area contributed by atoms with Crippen molar-refractivity contribution in [2.75, 3.05) is 38.1 Å². The molecule has 1 saturated carbocycles. The van der Waals surface area contributed by atoms with Crippen LogP contribution in [0.4, 0.5) is 5.69 Å². The van der Waals surface area contributed by atoms with Gasteiger partial charge in [0, 0.05) is 38.7 Å². The number of amides is 2. The van der Waals surface area contributed by atoms with E-state index in [2.05, 4.69) is 5.32 Å². The maximum Gasteiger partial charge on any atom is 0.262 e. The van der Waals surface area contributed by atoms with Gasteiger partial charge in [-0.2, -0.15) is 4.31 Å². The summed E-state index contributed by atoms with van der Waals surface area (Å²) < 4.78 is 29.2. The Hall–Kier alpha value is -1.81. The van der Waals surface area contributed by atoms with E-state index in [-0.39, 0.29) is 18.4 Å². The Morgan fingerprint density at radius 3 is 2.60 bits per heavy atom. The van der Waals surface area contributed by atoms with Crippen molar-refractivity contribution in [3.05, 3.63) is 17.7 Å². The number of aryl methyl sites for hydroxylation is 1. The number of nitrogens with one attached hydrogen (secondary N) is 1. The van der Waals surface area contributed by atoms with Crippen LogP contribution in [-0.2, 0) is 9.59 Å². The number of nitrogens with zero attached hydrogens (tertiary/aromatic N) is 2. The first-order valence-electron chi connectivity index (χ1n) is 10.7. The van der Waals surface area contributed by atoms with E-state index < -0.39 is 10.8 Å². The molecular weight excluding hydrogens is 406 g/mol. The Morgan fingerprint density at radius 2 is 1.90 bits per heavy atom. The van der Waals surface area contributed by atoms with Crippen molar-refractivity contribution in [1.82, 2.24) is 9.21 Å². The number of ether oxygens (including phenoxy) is 1. The van der Waals surface area contributed by atoms with Crippen molar-refractivity contribution < 1.29 is 23.4 Å². The molecule has 9 heteroatoms. The van der Waals surface area contributed by atoms with E-state index in [1.165, 1.54) is 25.7 Å². The van der Waals surface area contributed by atoms with Gasteiger partial charge in [0.1, 0.15) is 5.75 Å². The van der Waals surface area contributed by atoms with Gasteiger partial charge in [-0.05, 0) is 30.9 Å². The maximum atomic E-state index is 12.6. The summed E-state index contributed by atoms with van der Waals surface area (Å²) in [6.45, 7) is 3.51. The van der Waals surface area contributed by atoms with Crippen LogP contribution in [-0.4, -0.2) is 62.9 Å². The normalized spacial score (nSPS) is 21.2. The van der Waals surface area contributed by atoms with Crippen LogP contribution in [0.15, 0.2) is 17.0 Å². The van der Waals surface area contributed by atoms with Gasteiger partial charge < -0.3 is 15.0 Å². The molecule has 0 unspecified atom stereocenters. The number of anilines is 1. The third-order valence-corrected chi connectivity index (χ3v) is 8.51. The second-order valence-electron chi connectivity index (χ2n) is 8.47. The minimum absolute atomic E-state index is 0.0870. The predicted molar refractivity (Wildman–Crippen MR) is 116 cm³/mol. The van der Waals surface area contributed by atoms with Crippen LogP contribution >= 0.6 is 10.8 Å². The number of hydrogen-bond donors (Lipinski definition) is 3. The fourth-order valence-corrected chi connectivity index (χ4v) is 6.33. The summed E-state index contributed by atoms with van der Waals surface area (Å²) in [7, 11) is -3.21. The number of hydrogen-bond acceptors (Lipinski definition) is 6. The lowest BCUT2D eigenvalue weighted by atomic mass is 10.0. The highest BCUT2D eigenvalue weighted by Crippen LogP contribution is 2.55. The lowest BCUT2D eigenvalue weighted by Gasteiger charge is -2.47. The Kier molecular flexibility index (Phi) is 6.24. The van der Waals surface area contributed by atoms with Gasteiger partial charge in [-0.3, -0.25) is 18.7 Å². The monoisotopic (exact) mass is 437 g/mol. The Morgan fingerprint density at radius 1 is 1.20 bits per heavy atom. The van der Waals surface area contributed by atoms with Crippen LogP contribution in [0, 0.1) is 12.8 Å². The highest BCUT2D eigenvalue weighted by Gasteiger charge is 2.33. The molecule has 8 nitrogen and oxygen atoms in total. The van der Waals surface area contributed by atoms with E-state index in [0.717, 1.165) is 6.42 Å². The van der Waals surface area contributed by atoms with E-state index in [4.69, 9.17) is 4.74 Å². The van der Waals surface area contributed by atoms with Crippen LogP contribution in [0.25, 0.3) is 0 Å². The van der Waals surface area contributed by atoms with Crippen LogP contribution in [0.3, 0.4) is 0 Å². The molecule has 0 aromatic heterocycles. The third kappa shape index (κ3) is 4.44. The molecule has 0 radical (unpaired) electrons. The summed E-state index contributed by atoms with van der Waals surface area (Å²) in [5.74, 6) is 1.08. The molecule has 0 bridgehead atoms. The zero-order valence-electron chi connectivity index (χ0n) is 17.4. The molecular formula is C21H31N3O5S. The van der Waals surface area contributed by atoms with Crippen molar-refractivity contribution in [1.29, 1.82) is 0 Å². The number of carbonyl (C=O) groups excluding carboxylic acids is 2. The van der Waals surface area contributed by atoms with E-state index in [0.29, 0.717) is 60.4 Å². The van der Waals surface area contributed by atoms with Gasteiger partial charge in [0.15, 0.2) is 6.61 Å². The zero-order valence-corrected chi connectivity index (χ0v) is 18.2. The quantitative estimate of drug-likeness (QED) is 0.652. The molecule has 2 fully saturated rings. The van der Waals surface area contributed by atoms with Crippen molar-refractivity contribution in [2.24, 2.45) is 5.92 Å². The smallest absolute Gasteiger partial charge is 0.262 e. The number of carbonyl (C=O) groups is 2. The van der Waals surface area contributed by atoms with Crippen molar-refractivity contribution in [3.8, 4) is 5.75 Å². The summed E-state index contributed by atoms with van der Waals surface area (Å²) in [6.07, 6.45) is 6.63. The molecule has 1 aromatic carbocycles. The molecule has 1 aliphatic carbocycles. The molecule has 166 valence electrons. The summed E-state index contributed by atoms with van der Waals surface area (Å²) >= 11 is 0. The molecule has 0 spiro atoms. The van der Waals surface area contributed by atoms with Crippen LogP contribution < -0.4 is 10.1 Å². The first kappa shape index (κ1) is 21.4. The fraction of sp³-hybridized carbons (Fsp3) is 0.619. The molecule has 2 amide bonds. The van der Waals surface area contributed by atoms with Gasteiger partial charge in [0.05, 0.1) is 10.6 Å². The predicted octanol–water partition coefficient (Wildman–Crippen LogP) is 3.47. The molecule has 2 heterocycles. The summed E-state index contributed by atoms with van der Waals surface area (Å²) in [5.41, 5.74) is 1.22. The average molecular weight is 438 g/mol. The first-order valence-corrected chi connectivity index (χ1v) is 12.2. The fourth-order valence-electron chi connectivity index (χ4n) is 4.63. The van der Waals surface area contributed by atoms with Crippen molar-refractivity contribution in [3.63, 3.8) is 0 Å². The van der Waals surface area contributed by atoms with Gasteiger partial charge in [0.25, 0.3) is 5.91 Å². The molecule has 3 aliphatic rings. The molecule has 1 aromatic rings. The van der Waals surface area contributed by atoms with Crippen LogP contribution in [0.2, 0.25) is 0 Å². The van der Waals surface area contributed by atoms with Gasteiger partial charge in [-0.1, -0.05) is 25.7 Å². The third-order valence-electron chi connectivity index (χ3n) is 6.40. The highest BCUT2D eigenvalue weighted by molar-refractivity contribution is 8.22. The maximum absolute atomic E-state index is 12.6. The number of fused-ring (bicyclic) bond motifs is 1. The van der Waals surface area contributed by atoms with Crippen molar-refractivity contribution in [2.45, 2.75) is 50.3 Å². The number of benzene rings is 1. The zero-order chi connectivity index (χ0) is 21.3. The summed E-state index contributed by atoms with van der Waals surface area (Å²) in [6, 6.07) is 3.32. The first-order chi connectivity index (χ1) is 14.3. The summed E-state index contributed by atoms with van der Waals surface area (Å²) in [4.78, 5) is 26.3. The SMILES string of the molecule is Cc1cc2c(cc1S(O)(O)N1CCN(C(=O)CCC3CCCC3)CC1)OCC(=O)N2. The van der Waals surface area contributed by atoms with E-state index in [1.807, 2.05) is 4.90 Å². The lowest BCUT2D eigenvalue weighted by molar-refractivity contribution is -0.132. The minimum atomic E-state index is -3.21. The van der Waals surface area contributed by atoms with Gasteiger partial charge >= 0.3 is 0 Å². The van der Waals surface area contributed by atoms with Crippen molar-refractivity contribution >= 4 is 28.3 Å². The molecule has 1 saturated heterocycles. The molecule has 4 rings (SSSR count). The van der Waals surface area contributed by atoms with Gasteiger partial charge in [-0.15, -0.1) is 10.8 Å². The molecule has 3 N–H and O–H groups in total. The standard InChI is InChI=1S/C21H31N3O5S/c1-15-12-17-18(29-14-20(25)22-17)13-19(15)30(27,28)24-10-8-23(9-11-24)21(26)7-6-16-4-2-3-5-16/h12-13,16,27-28H,2-11,14H2,1H3,(H,22,25). The van der Waals surface area contributed by atoms with E-state index in [9.17, 15) is 18.7 Å². The Balaban J connectivity index is 1.37. The largest absolute Gasteiger partial charge is 0.482 e. The number of rotatable bonds is 5. The molecule has 2 aliphatic heterocycles. The number of piperazine rings is 1. The van der Waals surface area contributed by atoms with Crippen LogP contribution in [0.1, 0.15) is 44.1 Å². The Labute approximate surface area is 179 Å². The second-order valence-corrected chi connectivity index (χ2v) is 10.5. The minimum Gasteiger partial charge on any atom is -0.482 e. The van der Waals surface area contributed by atoms with Gasteiger partial charge in [-0.25, -0.2) is 0 Å². The Bertz CT molecular complexity index is 817. The van der Waals surface area contributed by atoms with Crippen LogP contribution in [0.5, 0.6) is 5.75 Å². The van der Waals surface area contributed by atoms with E-state index >= 15 is 0 Å². The molecule has 0 atom stereocenters. The average Bonchev–Trinajstić information content (AvgIpc) is 3.25. The highest BCUT2D eigenvalue weighted by atomic mass is 32.3. The molecule has 30 heavy (non-hydrogen) atoms. The van der Waals surface area contributed by atoms with E-state index in [1.54, 1.807) is 23.4 Å². The second kappa shape index (κ2) is 8.74. The lowest BCUT2D eigenvalue weighted by Crippen LogP contribution is -2.49. The summed E-state index contributed by atoms with van der Waals surface area (Å²) in [5, 5.41) is 2.73.